The molecule has 0 aliphatic heterocycles. The fourth-order valence-electron chi connectivity index (χ4n) is 2.83. The summed E-state index contributed by atoms with van der Waals surface area (Å²) in [5.74, 6) is 1.04. The molecule has 0 saturated carbocycles. The summed E-state index contributed by atoms with van der Waals surface area (Å²) in [5, 5.41) is 12.5. The molecular weight excluding hydrogens is 374 g/mol. The van der Waals surface area contributed by atoms with Crippen molar-refractivity contribution in [2.24, 2.45) is 0 Å². The van der Waals surface area contributed by atoms with Crippen molar-refractivity contribution in [2.75, 3.05) is 19.9 Å². The molecule has 0 aliphatic rings. The minimum Gasteiger partial charge on any atom is -0.497 e. The smallest absolute Gasteiger partial charge is 0.233 e. The van der Waals surface area contributed by atoms with Gasteiger partial charge in [-0.15, -0.1) is 5.10 Å². The summed E-state index contributed by atoms with van der Waals surface area (Å²) in [6, 6.07) is 13.8. The highest BCUT2D eigenvalue weighted by Crippen LogP contribution is 2.22. The van der Waals surface area contributed by atoms with Gasteiger partial charge in [-0.1, -0.05) is 41.6 Å². The van der Waals surface area contributed by atoms with E-state index in [1.54, 1.807) is 23.7 Å². The Balaban J connectivity index is 1.64. The molecule has 0 unspecified atom stereocenters. The summed E-state index contributed by atoms with van der Waals surface area (Å²) in [4.78, 5) is 14.2. The number of carbonyl (C=O) groups excluding carboxylic acids is 1. The van der Waals surface area contributed by atoms with Gasteiger partial charge < -0.3 is 9.64 Å². The minimum atomic E-state index is 0.00278. The largest absolute Gasteiger partial charge is 0.497 e. The first-order valence-electron chi connectivity index (χ1n) is 8.83. The van der Waals surface area contributed by atoms with E-state index in [0.29, 0.717) is 11.7 Å². The number of ether oxygens (including phenoxy) is 1. The van der Waals surface area contributed by atoms with Crippen molar-refractivity contribution in [1.82, 2.24) is 25.1 Å². The van der Waals surface area contributed by atoms with Crippen LogP contribution in [0.5, 0.6) is 5.75 Å². The van der Waals surface area contributed by atoms with Crippen molar-refractivity contribution in [1.29, 1.82) is 0 Å². The Morgan fingerprint density at radius 3 is 2.79 bits per heavy atom. The molecule has 146 valence electrons. The topological polar surface area (TPSA) is 73.1 Å². The van der Waals surface area contributed by atoms with Crippen LogP contribution in [-0.4, -0.2) is 50.9 Å². The van der Waals surface area contributed by atoms with Gasteiger partial charge >= 0.3 is 0 Å². The predicted molar refractivity (Wildman–Crippen MR) is 109 cm³/mol. The van der Waals surface area contributed by atoms with E-state index < -0.39 is 0 Å². The molecule has 1 heterocycles. The van der Waals surface area contributed by atoms with Gasteiger partial charge in [-0.05, 0) is 53.6 Å². The summed E-state index contributed by atoms with van der Waals surface area (Å²) in [7, 11) is 3.42. The number of tetrazole rings is 1. The zero-order valence-electron chi connectivity index (χ0n) is 16.4. The number of rotatable bonds is 7. The van der Waals surface area contributed by atoms with Gasteiger partial charge in [0.15, 0.2) is 0 Å². The molecule has 8 heteroatoms. The maximum atomic E-state index is 12.6. The fraction of sp³-hybridized carbons (Fsp3) is 0.300. The first-order valence-corrected chi connectivity index (χ1v) is 9.82. The molecule has 0 aliphatic carbocycles. The van der Waals surface area contributed by atoms with E-state index in [9.17, 15) is 4.79 Å². The first-order chi connectivity index (χ1) is 13.5. The lowest BCUT2D eigenvalue weighted by molar-refractivity contribution is -0.127. The van der Waals surface area contributed by atoms with Crippen molar-refractivity contribution in [2.45, 2.75) is 25.5 Å². The lowest BCUT2D eigenvalue weighted by Gasteiger charge is -2.17. The van der Waals surface area contributed by atoms with E-state index in [0.717, 1.165) is 22.6 Å². The molecule has 7 nitrogen and oxygen atoms in total. The number of hydrogen-bond acceptors (Lipinski definition) is 6. The van der Waals surface area contributed by atoms with Crippen molar-refractivity contribution in [3.05, 3.63) is 59.2 Å². The second-order valence-corrected chi connectivity index (χ2v) is 7.50. The average Bonchev–Trinajstić information content (AvgIpc) is 3.14. The van der Waals surface area contributed by atoms with Crippen LogP contribution in [0.4, 0.5) is 0 Å². The summed E-state index contributed by atoms with van der Waals surface area (Å²) < 4.78 is 6.91. The summed E-state index contributed by atoms with van der Waals surface area (Å²) in [6.45, 7) is 4.58. The minimum absolute atomic E-state index is 0.00278. The van der Waals surface area contributed by atoms with Gasteiger partial charge in [-0.3, -0.25) is 4.79 Å². The number of aromatic nitrogens is 4. The number of carbonyl (C=O) groups is 1. The summed E-state index contributed by atoms with van der Waals surface area (Å²) in [6.07, 6.45) is 0. The molecule has 0 bridgehead atoms. The van der Waals surface area contributed by atoms with Crippen molar-refractivity contribution in [3.63, 3.8) is 0 Å². The summed E-state index contributed by atoms with van der Waals surface area (Å²) in [5.41, 5.74) is 4.18. The Kier molecular flexibility index (Phi) is 6.30. The van der Waals surface area contributed by atoms with Gasteiger partial charge in [0.2, 0.25) is 11.1 Å². The van der Waals surface area contributed by atoms with E-state index in [4.69, 9.17) is 4.74 Å². The number of aryl methyl sites for hydroxylation is 2. The zero-order chi connectivity index (χ0) is 20.1. The molecular formula is C20H23N5O2S. The van der Waals surface area contributed by atoms with Crippen molar-refractivity contribution < 1.29 is 9.53 Å². The lowest BCUT2D eigenvalue weighted by atomic mass is 10.1. The SMILES string of the molecule is COc1cccc(CN(C)C(=O)CSc2nnnn2-c2ccc(C)cc2C)c1. The van der Waals surface area contributed by atoms with Gasteiger partial charge in [0.25, 0.3) is 0 Å². The van der Waals surface area contributed by atoms with Crippen LogP contribution in [-0.2, 0) is 11.3 Å². The van der Waals surface area contributed by atoms with Gasteiger partial charge in [0.1, 0.15) is 5.75 Å². The molecule has 0 atom stereocenters. The molecule has 0 N–H and O–H groups in total. The maximum Gasteiger partial charge on any atom is 0.233 e. The predicted octanol–water partition coefficient (Wildman–Crippen LogP) is 3.04. The highest BCUT2D eigenvalue weighted by molar-refractivity contribution is 7.99. The molecule has 0 radical (unpaired) electrons. The molecule has 0 saturated heterocycles. The Labute approximate surface area is 168 Å². The molecule has 0 fully saturated rings. The zero-order valence-corrected chi connectivity index (χ0v) is 17.2. The molecule has 0 spiro atoms. The Hall–Kier alpha value is -2.87. The van der Waals surface area contributed by atoms with Gasteiger partial charge in [0, 0.05) is 13.6 Å². The fourth-order valence-corrected chi connectivity index (χ4v) is 3.66. The molecule has 28 heavy (non-hydrogen) atoms. The molecule has 3 rings (SSSR count). The molecule has 1 aromatic heterocycles. The van der Waals surface area contributed by atoms with Gasteiger partial charge in [-0.2, -0.15) is 4.68 Å². The number of hydrogen-bond donors (Lipinski definition) is 0. The third-order valence-electron chi connectivity index (χ3n) is 4.33. The van der Waals surface area contributed by atoms with E-state index in [1.165, 1.54) is 17.3 Å². The van der Waals surface area contributed by atoms with Gasteiger partial charge in [-0.25, -0.2) is 0 Å². The van der Waals surface area contributed by atoms with E-state index in [2.05, 4.69) is 21.6 Å². The monoisotopic (exact) mass is 397 g/mol. The highest BCUT2D eigenvalue weighted by atomic mass is 32.2. The number of benzene rings is 2. The summed E-state index contributed by atoms with van der Waals surface area (Å²) >= 11 is 1.33. The van der Waals surface area contributed by atoms with Crippen LogP contribution in [0.2, 0.25) is 0 Å². The maximum absolute atomic E-state index is 12.6. The number of nitrogens with zero attached hydrogens (tertiary/aromatic N) is 5. The number of amides is 1. The quantitative estimate of drug-likeness (QED) is 0.571. The average molecular weight is 398 g/mol. The van der Waals surface area contributed by atoms with Crippen LogP contribution in [0.15, 0.2) is 47.6 Å². The van der Waals surface area contributed by atoms with Crippen LogP contribution in [0.25, 0.3) is 5.69 Å². The van der Waals surface area contributed by atoms with E-state index in [1.807, 2.05) is 50.2 Å². The molecule has 3 aromatic rings. The van der Waals surface area contributed by atoms with Crippen molar-refractivity contribution >= 4 is 17.7 Å². The third-order valence-corrected chi connectivity index (χ3v) is 5.23. The normalized spacial score (nSPS) is 10.7. The molecule has 1 amide bonds. The lowest BCUT2D eigenvalue weighted by Crippen LogP contribution is -2.27. The van der Waals surface area contributed by atoms with Gasteiger partial charge in [0.05, 0.1) is 18.6 Å². The van der Waals surface area contributed by atoms with Crippen molar-refractivity contribution in [3.8, 4) is 11.4 Å². The second-order valence-electron chi connectivity index (χ2n) is 6.55. The van der Waals surface area contributed by atoms with Crippen LogP contribution in [0.3, 0.4) is 0 Å². The number of thioether (sulfide) groups is 1. The Morgan fingerprint density at radius 2 is 2.04 bits per heavy atom. The number of methoxy groups -OCH3 is 1. The third kappa shape index (κ3) is 4.69. The second kappa shape index (κ2) is 8.88. The van der Waals surface area contributed by atoms with E-state index in [-0.39, 0.29) is 11.7 Å². The molecule has 2 aromatic carbocycles. The van der Waals surface area contributed by atoms with Crippen LogP contribution in [0, 0.1) is 13.8 Å². The van der Waals surface area contributed by atoms with E-state index >= 15 is 0 Å². The van der Waals surface area contributed by atoms with Crippen LogP contribution in [0.1, 0.15) is 16.7 Å². The Bertz CT molecular complexity index is 973. The Morgan fingerprint density at radius 1 is 1.21 bits per heavy atom. The van der Waals surface area contributed by atoms with Crippen LogP contribution >= 0.6 is 11.8 Å². The highest BCUT2D eigenvalue weighted by Gasteiger charge is 2.15. The van der Waals surface area contributed by atoms with Crippen LogP contribution < -0.4 is 4.74 Å². The first kappa shape index (κ1) is 19.9. The standard InChI is InChI=1S/C20H23N5O2S/c1-14-8-9-18(15(2)10-14)25-20(21-22-23-25)28-13-19(26)24(3)12-16-6-5-7-17(11-16)27-4/h5-11H,12-13H2,1-4H3.